The van der Waals surface area contributed by atoms with Gasteiger partial charge in [0.2, 0.25) is 0 Å². The number of aliphatic hydroxyl groups excluding tert-OH is 1. The van der Waals surface area contributed by atoms with Crippen molar-refractivity contribution in [1.82, 2.24) is 0 Å². The van der Waals surface area contributed by atoms with Crippen molar-refractivity contribution in [3.05, 3.63) is 35.4 Å². The minimum absolute atomic E-state index is 0. The number of hydrogen-bond donors (Lipinski definition) is 2. The van der Waals surface area contributed by atoms with E-state index in [-0.39, 0.29) is 29.8 Å². The fourth-order valence-electron chi connectivity index (χ4n) is 1.82. The number of nitrogens with two attached hydrogens (primary N) is 1. The molecule has 3 heteroatoms. The third kappa shape index (κ3) is 4.27. The lowest BCUT2D eigenvalue weighted by Crippen LogP contribution is -2.30. The summed E-state index contributed by atoms with van der Waals surface area (Å²) in [5, 5.41) is 9.95. The molecule has 0 aromatic heterocycles. The molecule has 0 fully saturated rings. The Bertz CT molecular complexity index is 354. The Labute approximate surface area is 117 Å². The van der Waals surface area contributed by atoms with Crippen molar-refractivity contribution >= 4 is 12.4 Å². The van der Waals surface area contributed by atoms with Gasteiger partial charge in [0.15, 0.2) is 0 Å². The second kappa shape index (κ2) is 6.55. The molecule has 3 N–H and O–H groups in total. The molecule has 1 aromatic rings. The van der Waals surface area contributed by atoms with Crippen LogP contribution in [0.2, 0.25) is 0 Å². The molecule has 2 nitrogen and oxygen atoms in total. The van der Waals surface area contributed by atoms with E-state index < -0.39 is 6.10 Å². The number of benzene rings is 1. The van der Waals surface area contributed by atoms with Crippen molar-refractivity contribution < 1.29 is 5.11 Å². The first-order chi connectivity index (χ1) is 7.73. The lowest BCUT2D eigenvalue weighted by Gasteiger charge is -2.24. The molecule has 0 aliphatic rings. The Morgan fingerprint density at radius 2 is 1.50 bits per heavy atom. The molecule has 0 aliphatic carbocycles. The van der Waals surface area contributed by atoms with E-state index in [1.165, 1.54) is 5.56 Å². The zero-order valence-corrected chi connectivity index (χ0v) is 12.8. The lowest BCUT2D eigenvalue weighted by atomic mass is 9.85. The van der Waals surface area contributed by atoms with Crippen LogP contribution in [-0.2, 0) is 5.41 Å². The molecule has 2 atom stereocenters. The number of halogens is 1. The summed E-state index contributed by atoms with van der Waals surface area (Å²) in [5.74, 6) is 0.173. The topological polar surface area (TPSA) is 46.2 Å². The summed E-state index contributed by atoms with van der Waals surface area (Å²) in [4.78, 5) is 0. The van der Waals surface area contributed by atoms with Crippen LogP contribution in [-0.4, -0.2) is 11.2 Å². The molecule has 0 bridgehead atoms. The van der Waals surface area contributed by atoms with Crippen LogP contribution in [0, 0.1) is 5.92 Å². The van der Waals surface area contributed by atoms with Crippen molar-refractivity contribution in [1.29, 1.82) is 0 Å². The van der Waals surface area contributed by atoms with E-state index in [4.69, 9.17) is 5.73 Å². The average Bonchev–Trinajstić information content (AvgIpc) is 2.26. The zero-order valence-electron chi connectivity index (χ0n) is 12.0. The third-order valence-corrected chi connectivity index (χ3v) is 3.21. The van der Waals surface area contributed by atoms with E-state index in [0.29, 0.717) is 0 Å². The first-order valence-corrected chi connectivity index (χ1v) is 6.27. The summed E-state index contributed by atoms with van der Waals surface area (Å²) >= 11 is 0. The molecular weight excluding hydrogens is 246 g/mol. The van der Waals surface area contributed by atoms with Crippen molar-refractivity contribution in [2.24, 2.45) is 11.7 Å². The maximum Gasteiger partial charge on any atom is 0.0755 e. The summed E-state index contributed by atoms with van der Waals surface area (Å²) in [6, 6.07) is 7.95. The number of rotatable bonds is 3. The molecule has 0 unspecified atom stereocenters. The van der Waals surface area contributed by atoms with Crippen LogP contribution in [0.3, 0.4) is 0 Å². The SMILES string of the molecule is CC(C)[C@H](O)[C@H](N)c1ccc(C(C)(C)C)cc1.Cl. The van der Waals surface area contributed by atoms with Crippen LogP contribution in [0.5, 0.6) is 0 Å². The predicted octanol–water partition coefficient (Wildman–Crippen LogP) is 3.42. The molecule has 0 saturated carbocycles. The molecule has 0 radical (unpaired) electrons. The van der Waals surface area contributed by atoms with E-state index in [0.717, 1.165) is 5.56 Å². The van der Waals surface area contributed by atoms with Gasteiger partial charge in [-0.25, -0.2) is 0 Å². The fourth-order valence-corrected chi connectivity index (χ4v) is 1.82. The summed E-state index contributed by atoms with van der Waals surface area (Å²) in [5.41, 5.74) is 8.48. The molecule has 0 saturated heterocycles. The van der Waals surface area contributed by atoms with Gasteiger partial charge in [-0.15, -0.1) is 12.4 Å². The van der Waals surface area contributed by atoms with E-state index in [2.05, 4.69) is 32.9 Å². The summed E-state index contributed by atoms with van der Waals surface area (Å²) in [6.07, 6.45) is -0.490. The Morgan fingerprint density at radius 3 is 1.83 bits per heavy atom. The van der Waals surface area contributed by atoms with Gasteiger partial charge in [0, 0.05) is 0 Å². The van der Waals surface area contributed by atoms with Crippen LogP contribution in [0.25, 0.3) is 0 Å². The Balaban J connectivity index is 0.00000289. The van der Waals surface area contributed by atoms with Gasteiger partial charge in [0.1, 0.15) is 0 Å². The van der Waals surface area contributed by atoms with Crippen molar-refractivity contribution in [3.63, 3.8) is 0 Å². The lowest BCUT2D eigenvalue weighted by molar-refractivity contribution is 0.0979. The normalized spacial score (nSPS) is 15.1. The molecule has 0 aliphatic heterocycles. The van der Waals surface area contributed by atoms with Gasteiger partial charge < -0.3 is 10.8 Å². The molecule has 1 rings (SSSR count). The molecule has 18 heavy (non-hydrogen) atoms. The highest BCUT2D eigenvalue weighted by Gasteiger charge is 2.20. The van der Waals surface area contributed by atoms with Crippen LogP contribution in [0.4, 0.5) is 0 Å². The highest BCUT2D eigenvalue weighted by molar-refractivity contribution is 5.85. The highest BCUT2D eigenvalue weighted by Crippen LogP contribution is 2.25. The van der Waals surface area contributed by atoms with Gasteiger partial charge in [0.05, 0.1) is 12.1 Å². The van der Waals surface area contributed by atoms with E-state index in [1.807, 2.05) is 26.0 Å². The zero-order chi connectivity index (χ0) is 13.2. The summed E-state index contributed by atoms with van der Waals surface area (Å²) in [7, 11) is 0. The molecule has 104 valence electrons. The molecule has 0 heterocycles. The van der Waals surface area contributed by atoms with Crippen molar-refractivity contribution in [3.8, 4) is 0 Å². The monoisotopic (exact) mass is 271 g/mol. The van der Waals surface area contributed by atoms with Gasteiger partial charge in [-0.1, -0.05) is 58.9 Å². The highest BCUT2D eigenvalue weighted by atomic mass is 35.5. The third-order valence-electron chi connectivity index (χ3n) is 3.21. The maximum absolute atomic E-state index is 9.95. The first kappa shape index (κ1) is 17.4. The molecule has 0 spiro atoms. The Morgan fingerprint density at radius 1 is 1.06 bits per heavy atom. The minimum Gasteiger partial charge on any atom is -0.391 e. The molecular formula is C15H26ClNO. The second-order valence-electron chi connectivity index (χ2n) is 6.13. The van der Waals surface area contributed by atoms with Crippen molar-refractivity contribution in [2.75, 3.05) is 0 Å². The average molecular weight is 272 g/mol. The van der Waals surface area contributed by atoms with Gasteiger partial charge in [-0.05, 0) is 22.5 Å². The van der Waals surface area contributed by atoms with Crippen LogP contribution in [0.1, 0.15) is 51.8 Å². The van der Waals surface area contributed by atoms with Crippen LogP contribution < -0.4 is 5.73 Å². The maximum atomic E-state index is 9.95. The minimum atomic E-state index is -0.490. The second-order valence-corrected chi connectivity index (χ2v) is 6.13. The number of hydrogen-bond acceptors (Lipinski definition) is 2. The smallest absolute Gasteiger partial charge is 0.0755 e. The predicted molar refractivity (Wildman–Crippen MR) is 80.2 cm³/mol. The molecule has 0 amide bonds. The van der Waals surface area contributed by atoms with Crippen LogP contribution in [0.15, 0.2) is 24.3 Å². The van der Waals surface area contributed by atoms with E-state index in [9.17, 15) is 5.11 Å². The van der Waals surface area contributed by atoms with Gasteiger partial charge in [-0.3, -0.25) is 0 Å². The van der Waals surface area contributed by atoms with Gasteiger partial charge in [-0.2, -0.15) is 0 Å². The van der Waals surface area contributed by atoms with E-state index >= 15 is 0 Å². The van der Waals surface area contributed by atoms with Gasteiger partial charge in [0.25, 0.3) is 0 Å². The Kier molecular flexibility index (Phi) is 6.35. The summed E-state index contributed by atoms with van der Waals surface area (Å²) in [6.45, 7) is 10.5. The standard InChI is InChI=1S/C15H25NO.ClH/c1-10(2)14(17)13(16)11-6-8-12(9-7-11)15(3,4)5;/h6-10,13-14,17H,16H2,1-5H3;1H/t13-,14+;/m1./s1. The first-order valence-electron chi connectivity index (χ1n) is 6.27. The Hall–Kier alpha value is -0.570. The summed E-state index contributed by atoms with van der Waals surface area (Å²) < 4.78 is 0. The largest absolute Gasteiger partial charge is 0.391 e. The quantitative estimate of drug-likeness (QED) is 0.885. The van der Waals surface area contributed by atoms with Crippen LogP contribution >= 0.6 is 12.4 Å². The van der Waals surface area contributed by atoms with Gasteiger partial charge >= 0.3 is 0 Å². The van der Waals surface area contributed by atoms with Crippen molar-refractivity contribution in [2.45, 2.75) is 52.2 Å². The molecule has 1 aromatic carbocycles. The van der Waals surface area contributed by atoms with E-state index in [1.54, 1.807) is 0 Å². The fraction of sp³-hybridized carbons (Fsp3) is 0.600. The number of aliphatic hydroxyl groups is 1.